The van der Waals surface area contributed by atoms with E-state index in [2.05, 4.69) is 71.7 Å². The zero-order valence-corrected chi connectivity index (χ0v) is 52.6. The summed E-state index contributed by atoms with van der Waals surface area (Å²) in [7, 11) is 0. The first-order valence-corrected chi connectivity index (χ1v) is 35.1. The summed E-state index contributed by atoms with van der Waals surface area (Å²) < 4.78 is 22.8. The molecule has 10 heteroatoms. The summed E-state index contributed by atoms with van der Waals surface area (Å²) in [5.41, 5.74) is 9.08. The molecule has 0 N–H and O–H groups in total. The van der Waals surface area contributed by atoms with E-state index in [0.29, 0.717) is 0 Å². The molecule has 0 aliphatic carbocycles. The van der Waals surface area contributed by atoms with Gasteiger partial charge in [0.2, 0.25) is 0 Å². The standard InChI is InChI=1S/C62H100Br2N4S4/c1-5-9-13-17-21-25-27-31-35-39-43-49(41-37-33-29-23-19-15-11-7-3)45-51-47-53(69-61(51)63)55-57-59(67-71-65-57)56(60-58(55)66-72-68-60)54-48-52(62(64)70-54)46-50(42-38-34-30-24-20-16-12-8-4)44-40-36-32-28-26-22-18-14-10-6-2/h47-50H,5-46H2,1-4H3. The topological polar surface area (TPSA) is 50.5 Å². The molecule has 1 aromatic carbocycles. The van der Waals surface area contributed by atoms with Crippen molar-refractivity contribution in [2.24, 2.45) is 20.6 Å². The van der Waals surface area contributed by atoms with Gasteiger partial charge in [-0.2, -0.15) is 17.5 Å². The molecule has 1 aliphatic heterocycles. The molecule has 4 aromatic rings. The normalized spacial score (nSPS) is 13.2. The van der Waals surface area contributed by atoms with Crippen LogP contribution in [0.5, 0.6) is 0 Å². The van der Waals surface area contributed by atoms with Gasteiger partial charge in [-0.1, -0.05) is 285 Å². The molecular formula is C62H100Br2N4S4. The summed E-state index contributed by atoms with van der Waals surface area (Å²) >= 11 is 14.6. The van der Waals surface area contributed by atoms with E-state index in [1.165, 1.54) is 308 Å². The molecule has 72 heavy (non-hydrogen) atoms. The monoisotopic (exact) mass is 1190 g/mol. The number of rotatable bonds is 46. The zero-order valence-electron chi connectivity index (χ0n) is 46.2. The summed E-state index contributed by atoms with van der Waals surface area (Å²) in [5, 5.41) is 0. The van der Waals surface area contributed by atoms with Crippen LogP contribution in [0.15, 0.2) is 28.4 Å². The third-order valence-electron chi connectivity index (χ3n) is 15.8. The third-order valence-corrected chi connectivity index (χ3v) is 20.8. The SMILES string of the molecule is CCCCCCCCCCCCC(CCCCCCCCCC)Cc1cc(-c2c3c(c(-c4cc(CC(CCCCCCCCCC)CCCCCCCCCCCC)c(Br)s4)c4nsnc24)N=S=N3)sc1Br. The van der Waals surface area contributed by atoms with E-state index in [4.69, 9.17) is 17.5 Å². The van der Waals surface area contributed by atoms with Crippen molar-refractivity contribution in [2.45, 2.75) is 297 Å². The van der Waals surface area contributed by atoms with Crippen LogP contribution in [0.25, 0.3) is 31.9 Å². The van der Waals surface area contributed by atoms with Gasteiger partial charge in [-0.3, -0.25) is 0 Å². The lowest BCUT2D eigenvalue weighted by atomic mass is 9.89. The van der Waals surface area contributed by atoms with Crippen molar-refractivity contribution in [1.82, 2.24) is 8.75 Å². The highest BCUT2D eigenvalue weighted by atomic mass is 79.9. The van der Waals surface area contributed by atoms with Crippen molar-refractivity contribution in [2.75, 3.05) is 0 Å². The highest BCUT2D eigenvalue weighted by Crippen LogP contribution is 2.55. The highest BCUT2D eigenvalue weighted by Gasteiger charge is 2.29. The Balaban J connectivity index is 1.27. The second-order valence-electron chi connectivity index (χ2n) is 22.1. The first kappa shape index (κ1) is 62.1. The molecule has 4 heterocycles. The quantitative estimate of drug-likeness (QED) is 0.0365. The Bertz CT molecular complexity index is 1960. The lowest BCUT2D eigenvalue weighted by Crippen LogP contribution is -2.05. The first-order chi connectivity index (χ1) is 35.5. The molecule has 3 aromatic heterocycles. The van der Waals surface area contributed by atoms with Gasteiger partial charge in [0.1, 0.15) is 22.4 Å². The molecule has 2 atom stereocenters. The number of benzene rings is 1. The van der Waals surface area contributed by atoms with Crippen molar-refractivity contribution in [1.29, 1.82) is 0 Å². The van der Waals surface area contributed by atoms with Crippen LogP contribution in [-0.4, -0.2) is 8.75 Å². The number of nitrogens with zero attached hydrogens (tertiary/aromatic N) is 4. The fraction of sp³-hybridized carbons (Fsp3) is 0.774. The molecule has 0 saturated carbocycles. The molecule has 0 bridgehead atoms. The summed E-state index contributed by atoms with van der Waals surface area (Å²) in [6.45, 7) is 9.27. The van der Waals surface area contributed by atoms with Crippen molar-refractivity contribution in [3.8, 4) is 20.9 Å². The average Bonchev–Trinajstić information content (AvgIpc) is 4.21. The fourth-order valence-electron chi connectivity index (χ4n) is 11.4. The van der Waals surface area contributed by atoms with Crippen LogP contribution in [-0.2, 0) is 24.2 Å². The second kappa shape index (κ2) is 38.7. The highest BCUT2D eigenvalue weighted by molar-refractivity contribution is 9.11. The molecule has 5 rings (SSSR count). The number of hydrogen-bond donors (Lipinski definition) is 0. The van der Waals surface area contributed by atoms with E-state index in [-0.39, 0.29) is 0 Å². The predicted octanol–water partition coefficient (Wildman–Crippen LogP) is 25.4. The van der Waals surface area contributed by atoms with Crippen LogP contribution >= 0.6 is 66.3 Å². The van der Waals surface area contributed by atoms with Crippen molar-refractivity contribution in [3.63, 3.8) is 0 Å². The minimum absolute atomic E-state index is 0.725. The Labute approximate surface area is 474 Å². The predicted molar refractivity (Wildman–Crippen MR) is 333 cm³/mol. The lowest BCUT2D eigenvalue weighted by molar-refractivity contribution is 0.400. The zero-order chi connectivity index (χ0) is 50.9. The van der Waals surface area contributed by atoms with Crippen LogP contribution in [0.4, 0.5) is 11.4 Å². The minimum atomic E-state index is 0.725. The first-order valence-electron chi connectivity index (χ1n) is 30.5. The number of thiophene rings is 2. The molecule has 0 amide bonds. The maximum absolute atomic E-state index is 5.06. The Morgan fingerprint density at radius 3 is 0.917 bits per heavy atom. The minimum Gasteiger partial charge on any atom is -0.172 e. The number of halogens is 2. The lowest BCUT2D eigenvalue weighted by Gasteiger charge is -2.17. The second-order valence-corrected chi connectivity index (χ2v) is 27.9. The van der Waals surface area contributed by atoms with E-state index < -0.39 is 0 Å². The third kappa shape index (κ3) is 22.7. The van der Waals surface area contributed by atoms with Gasteiger partial charge in [-0.15, -0.1) is 22.7 Å². The van der Waals surface area contributed by atoms with Crippen LogP contribution in [0.2, 0.25) is 0 Å². The maximum Gasteiger partial charge on any atom is 0.116 e. The van der Waals surface area contributed by atoms with E-state index in [0.717, 1.165) is 58.2 Å². The fourth-order valence-corrected chi connectivity index (χ4v) is 16.0. The smallest absolute Gasteiger partial charge is 0.116 e. The molecule has 2 unspecified atom stereocenters. The molecule has 0 saturated heterocycles. The molecule has 0 fully saturated rings. The van der Waals surface area contributed by atoms with Gasteiger partial charge in [0.05, 0.1) is 30.7 Å². The van der Waals surface area contributed by atoms with Gasteiger partial charge >= 0.3 is 0 Å². The van der Waals surface area contributed by atoms with Gasteiger partial charge < -0.3 is 0 Å². The van der Waals surface area contributed by atoms with Gasteiger partial charge in [-0.05, 0) is 79.8 Å². The largest absolute Gasteiger partial charge is 0.172 e. The Kier molecular flexibility index (Phi) is 33.4. The molecule has 406 valence electrons. The van der Waals surface area contributed by atoms with Crippen molar-refractivity contribution < 1.29 is 0 Å². The Hall–Kier alpha value is -0.780. The summed E-state index contributed by atoms with van der Waals surface area (Å²) in [6.07, 6.45) is 57.9. The van der Waals surface area contributed by atoms with Gasteiger partial charge in [0, 0.05) is 20.9 Å². The molecule has 0 spiro atoms. The molecular weight excluding hydrogens is 1090 g/mol. The number of hydrogen-bond acceptors (Lipinski definition) is 7. The van der Waals surface area contributed by atoms with Crippen molar-refractivity contribution in [3.05, 3.63) is 30.8 Å². The molecule has 0 radical (unpaired) electrons. The Morgan fingerprint density at radius 2 is 0.639 bits per heavy atom. The van der Waals surface area contributed by atoms with E-state index in [1.807, 2.05) is 22.7 Å². The van der Waals surface area contributed by atoms with Crippen molar-refractivity contribution >= 4 is 100 Å². The van der Waals surface area contributed by atoms with E-state index in [1.54, 1.807) is 0 Å². The van der Waals surface area contributed by atoms with E-state index in [9.17, 15) is 0 Å². The van der Waals surface area contributed by atoms with Crippen LogP contribution in [0.1, 0.15) is 296 Å². The number of aromatic nitrogens is 2. The van der Waals surface area contributed by atoms with Gasteiger partial charge in [0.25, 0.3) is 0 Å². The molecule has 1 aliphatic rings. The van der Waals surface area contributed by atoms with E-state index >= 15 is 0 Å². The van der Waals surface area contributed by atoms with Gasteiger partial charge in [0.15, 0.2) is 0 Å². The average molecular weight is 1190 g/mol. The summed E-state index contributed by atoms with van der Waals surface area (Å²) in [5.74, 6) is 1.45. The number of fused-ring (bicyclic) bond motifs is 2. The van der Waals surface area contributed by atoms with Crippen LogP contribution in [0.3, 0.4) is 0 Å². The Morgan fingerprint density at radius 1 is 0.375 bits per heavy atom. The van der Waals surface area contributed by atoms with Crippen LogP contribution in [0, 0.1) is 11.8 Å². The number of unbranched alkanes of at least 4 members (excludes halogenated alkanes) is 32. The summed E-state index contributed by atoms with van der Waals surface area (Å²) in [6, 6.07) is 4.95. The van der Waals surface area contributed by atoms with Gasteiger partial charge in [-0.25, -0.2) is 0 Å². The van der Waals surface area contributed by atoms with Crippen LogP contribution < -0.4 is 0 Å². The maximum atomic E-state index is 5.06. The summed E-state index contributed by atoms with van der Waals surface area (Å²) in [4.78, 5) is 2.49. The molecule has 4 nitrogen and oxygen atoms in total.